The summed E-state index contributed by atoms with van der Waals surface area (Å²) in [4.78, 5) is 37.4. The maximum Gasteiger partial charge on any atom is 0.340 e. The molecule has 2 aromatic rings. The Labute approximate surface area is 143 Å². The van der Waals surface area contributed by atoms with E-state index in [1.165, 1.54) is 17.0 Å². The van der Waals surface area contributed by atoms with Gasteiger partial charge in [0.2, 0.25) is 5.91 Å². The van der Waals surface area contributed by atoms with Crippen molar-refractivity contribution >= 4 is 22.8 Å². The second-order valence-electron chi connectivity index (χ2n) is 6.37. The van der Waals surface area contributed by atoms with E-state index < -0.39 is 17.5 Å². The molecule has 7 nitrogen and oxygen atoms in total. The van der Waals surface area contributed by atoms with E-state index in [0.29, 0.717) is 30.3 Å². The van der Waals surface area contributed by atoms with Crippen LogP contribution in [0.1, 0.15) is 24.0 Å². The van der Waals surface area contributed by atoms with Gasteiger partial charge in [0.15, 0.2) is 0 Å². The number of aliphatic carboxylic acids is 1. The third-order valence-corrected chi connectivity index (χ3v) is 4.72. The monoisotopic (exact) mass is 345 g/mol. The lowest BCUT2D eigenvalue weighted by Crippen LogP contribution is -2.43. The Morgan fingerprint density at radius 1 is 1.36 bits per heavy atom. The maximum absolute atomic E-state index is 12.5. The first-order chi connectivity index (χ1) is 11.9. The number of amides is 1. The lowest BCUT2D eigenvalue weighted by Gasteiger charge is -2.30. The Morgan fingerprint density at radius 2 is 2.12 bits per heavy atom. The van der Waals surface area contributed by atoms with Crippen molar-refractivity contribution in [2.75, 3.05) is 13.1 Å². The van der Waals surface area contributed by atoms with Crippen molar-refractivity contribution in [3.63, 3.8) is 0 Å². The van der Waals surface area contributed by atoms with Crippen molar-refractivity contribution in [1.29, 1.82) is 0 Å². The number of carbonyl (C=O) groups excluding carboxylic acids is 1. The molecule has 7 heteroatoms. The third kappa shape index (κ3) is 3.35. The molecule has 1 aromatic carbocycles. The number of hydrogen-bond donors (Lipinski definition) is 2. The van der Waals surface area contributed by atoms with E-state index in [9.17, 15) is 19.5 Å². The Morgan fingerprint density at radius 3 is 2.84 bits per heavy atom. The van der Waals surface area contributed by atoms with Gasteiger partial charge >= 0.3 is 11.6 Å². The second-order valence-corrected chi connectivity index (χ2v) is 6.37. The third-order valence-electron chi connectivity index (χ3n) is 4.72. The number of hydrogen-bond acceptors (Lipinski definition) is 5. The number of aryl methyl sites for hydroxylation is 1. The van der Waals surface area contributed by atoms with Gasteiger partial charge in [-0.3, -0.25) is 9.59 Å². The number of rotatable bonds is 3. The number of benzene rings is 1. The molecule has 1 aliphatic rings. The summed E-state index contributed by atoms with van der Waals surface area (Å²) in [7, 11) is 0. The topological polar surface area (TPSA) is 108 Å². The van der Waals surface area contributed by atoms with E-state index in [1.807, 2.05) is 0 Å². The molecule has 3 rings (SSSR count). The summed E-state index contributed by atoms with van der Waals surface area (Å²) < 4.78 is 5.22. The number of carboxylic acid groups (broad SMARTS) is 1. The molecule has 2 N–H and O–H groups in total. The quantitative estimate of drug-likeness (QED) is 0.819. The first kappa shape index (κ1) is 17.0. The highest BCUT2D eigenvalue weighted by molar-refractivity contribution is 5.85. The molecule has 25 heavy (non-hydrogen) atoms. The minimum atomic E-state index is -0.904. The average Bonchev–Trinajstić information content (AvgIpc) is 2.58. The van der Waals surface area contributed by atoms with E-state index in [1.54, 1.807) is 13.0 Å². The number of phenolic OH excluding ortho intramolecular Hbond substituents is 1. The number of piperidine rings is 1. The molecular weight excluding hydrogens is 326 g/mol. The van der Waals surface area contributed by atoms with Crippen molar-refractivity contribution < 1.29 is 24.2 Å². The number of likely N-dealkylation sites (tertiary alicyclic amines) is 1. The second kappa shape index (κ2) is 6.58. The van der Waals surface area contributed by atoms with E-state index in [-0.39, 0.29) is 35.8 Å². The van der Waals surface area contributed by atoms with Crippen LogP contribution >= 0.6 is 0 Å². The van der Waals surface area contributed by atoms with Gasteiger partial charge in [-0.2, -0.15) is 0 Å². The molecular formula is C18H19NO6. The number of phenols is 1. The lowest BCUT2D eigenvalue weighted by molar-refractivity contribution is -0.145. The summed E-state index contributed by atoms with van der Waals surface area (Å²) in [6.45, 7) is 2.39. The minimum Gasteiger partial charge on any atom is -0.508 e. The average molecular weight is 345 g/mol. The molecule has 0 radical (unpaired) electrons. The van der Waals surface area contributed by atoms with E-state index >= 15 is 0 Å². The Bertz CT molecular complexity index is 900. The zero-order valence-electron chi connectivity index (χ0n) is 13.8. The van der Waals surface area contributed by atoms with Gasteiger partial charge in [-0.05, 0) is 37.5 Å². The molecule has 1 aliphatic heterocycles. The van der Waals surface area contributed by atoms with Crippen molar-refractivity contribution in [2.45, 2.75) is 26.2 Å². The van der Waals surface area contributed by atoms with Crippen LogP contribution in [0.4, 0.5) is 0 Å². The maximum atomic E-state index is 12.5. The van der Waals surface area contributed by atoms with Crippen LogP contribution in [0.3, 0.4) is 0 Å². The van der Waals surface area contributed by atoms with Crippen LogP contribution in [0, 0.1) is 12.8 Å². The smallest absolute Gasteiger partial charge is 0.340 e. The van der Waals surface area contributed by atoms with Crippen LogP contribution in [-0.4, -0.2) is 40.1 Å². The molecule has 2 heterocycles. The summed E-state index contributed by atoms with van der Waals surface area (Å²) in [5.74, 6) is -1.75. The molecule has 0 aliphatic carbocycles. The fourth-order valence-corrected chi connectivity index (χ4v) is 3.26. The highest BCUT2D eigenvalue weighted by Gasteiger charge is 2.29. The Kier molecular flexibility index (Phi) is 4.48. The number of fused-ring (bicyclic) bond motifs is 1. The predicted molar refractivity (Wildman–Crippen MR) is 89.5 cm³/mol. The largest absolute Gasteiger partial charge is 0.508 e. The van der Waals surface area contributed by atoms with Crippen LogP contribution in [-0.2, 0) is 16.0 Å². The molecule has 0 unspecified atom stereocenters. The molecule has 1 aromatic heterocycles. The van der Waals surface area contributed by atoms with Gasteiger partial charge in [-0.25, -0.2) is 4.79 Å². The summed E-state index contributed by atoms with van der Waals surface area (Å²) in [5, 5.41) is 19.3. The van der Waals surface area contributed by atoms with Crippen molar-refractivity contribution in [3.8, 4) is 5.75 Å². The van der Waals surface area contributed by atoms with Crippen molar-refractivity contribution in [2.24, 2.45) is 5.92 Å². The zero-order chi connectivity index (χ0) is 18.1. The summed E-state index contributed by atoms with van der Waals surface area (Å²) in [5.41, 5.74) is 0.547. The SMILES string of the molecule is Cc1c(CC(=O)N2CCC[C@H](C(=O)O)C2)c(=O)oc2cc(O)ccc12. The molecule has 0 bridgehead atoms. The number of nitrogens with zero attached hydrogens (tertiary/aromatic N) is 1. The van der Waals surface area contributed by atoms with E-state index in [0.717, 1.165) is 0 Å². The molecule has 0 saturated carbocycles. The normalized spacial score (nSPS) is 17.6. The molecule has 1 atom stereocenters. The van der Waals surface area contributed by atoms with Crippen molar-refractivity contribution in [3.05, 3.63) is 39.7 Å². The number of carboxylic acids is 1. The Hall–Kier alpha value is -2.83. The first-order valence-corrected chi connectivity index (χ1v) is 8.12. The standard InChI is InChI=1S/C18H19NO6/c1-10-13-5-4-12(20)7-15(13)25-18(24)14(10)8-16(21)19-6-2-3-11(9-19)17(22)23/h4-5,7,11,20H,2-3,6,8-9H2,1H3,(H,22,23)/t11-/m0/s1. The summed E-state index contributed by atoms with van der Waals surface area (Å²) in [6, 6.07) is 4.48. The molecule has 0 spiro atoms. The van der Waals surface area contributed by atoms with Gasteiger partial charge < -0.3 is 19.5 Å². The molecule has 1 amide bonds. The Balaban J connectivity index is 1.87. The first-order valence-electron chi connectivity index (χ1n) is 8.12. The van der Waals surface area contributed by atoms with Crippen LogP contribution < -0.4 is 5.63 Å². The number of carbonyl (C=O) groups is 2. The molecule has 1 fully saturated rings. The van der Waals surface area contributed by atoms with Crippen LogP contribution in [0.15, 0.2) is 27.4 Å². The lowest BCUT2D eigenvalue weighted by atomic mass is 9.97. The fraction of sp³-hybridized carbons (Fsp3) is 0.389. The highest BCUT2D eigenvalue weighted by atomic mass is 16.4. The summed E-state index contributed by atoms with van der Waals surface area (Å²) in [6.07, 6.45) is 1.06. The van der Waals surface area contributed by atoms with Gasteiger partial charge in [-0.1, -0.05) is 0 Å². The minimum absolute atomic E-state index is 0.00749. The zero-order valence-corrected chi connectivity index (χ0v) is 13.8. The molecule has 132 valence electrons. The van der Waals surface area contributed by atoms with Gasteiger partial charge in [-0.15, -0.1) is 0 Å². The van der Waals surface area contributed by atoms with E-state index in [4.69, 9.17) is 9.52 Å². The van der Waals surface area contributed by atoms with Crippen LogP contribution in [0.5, 0.6) is 5.75 Å². The number of aromatic hydroxyl groups is 1. The van der Waals surface area contributed by atoms with Crippen LogP contribution in [0.25, 0.3) is 11.0 Å². The fourth-order valence-electron chi connectivity index (χ4n) is 3.26. The van der Waals surface area contributed by atoms with Crippen LogP contribution in [0.2, 0.25) is 0 Å². The van der Waals surface area contributed by atoms with Gasteiger partial charge in [0.05, 0.1) is 17.9 Å². The summed E-state index contributed by atoms with van der Waals surface area (Å²) >= 11 is 0. The van der Waals surface area contributed by atoms with E-state index in [2.05, 4.69) is 0 Å². The van der Waals surface area contributed by atoms with Gasteiger partial charge in [0, 0.05) is 24.5 Å². The van der Waals surface area contributed by atoms with Crippen molar-refractivity contribution in [1.82, 2.24) is 4.90 Å². The van der Waals surface area contributed by atoms with Gasteiger partial charge in [0.1, 0.15) is 11.3 Å². The molecule has 1 saturated heterocycles. The highest BCUT2D eigenvalue weighted by Crippen LogP contribution is 2.24. The predicted octanol–water partition coefficient (Wildman–Crippen LogP) is 1.67. The van der Waals surface area contributed by atoms with Gasteiger partial charge in [0.25, 0.3) is 0 Å².